The topological polar surface area (TPSA) is 26.3 Å². The first-order chi connectivity index (χ1) is 9.88. The van der Waals surface area contributed by atoms with Gasteiger partial charge in [0.15, 0.2) is 6.10 Å². The molecule has 0 bridgehead atoms. The maximum atomic E-state index is 12.4. The van der Waals surface area contributed by atoms with Gasteiger partial charge in [0.2, 0.25) is 5.78 Å². The number of hydrogen-bond acceptors (Lipinski definition) is 2. The molecule has 0 radical (unpaired) electrons. The molecule has 1 unspecified atom stereocenters. The summed E-state index contributed by atoms with van der Waals surface area (Å²) in [6.45, 7) is 3.62. The van der Waals surface area contributed by atoms with Gasteiger partial charge in [-0.25, -0.2) is 0 Å². The number of hydrogen-bond donors (Lipinski definition) is 0. The summed E-state index contributed by atoms with van der Waals surface area (Å²) in [5.41, 5.74) is 1.49. The van der Waals surface area contributed by atoms with E-state index in [9.17, 15) is 4.79 Å². The molecule has 0 N–H and O–H groups in total. The van der Waals surface area contributed by atoms with Crippen molar-refractivity contribution in [2.75, 3.05) is 0 Å². The zero-order valence-corrected chi connectivity index (χ0v) is 15.4. The third-order valence-corrected chi connectivity index (χ3v) is 4.25. The molecular weight excluding hydrogens is 419 g/mol. The van der Waals surface area contributed by atoms with Crippen molar-refractivity contribution in [3.05, 3.63) is 61.5 Å². The molecule has 0 spiro atoms. The number of aryl methyl sites for hydroxylation is 1. The lowest BCUT2D eigenvalue weighted by atomic mass is 10.1. The first-order valence-electron chi connectivity index (χ1n) is 6.30. The molecule has 110 valence electrons. The van der Waals surface area contributed by atoms with Crippen LogP contribution in [-0.4, -0.2) is 11.9 Å². The summed E-state index contributed by atoms with van der Waals surface area (Å²) in [5.74, 6) is 0.457. The molecule has 0 aliphatic rings. The van der Waals surface area contributed by atoms with Crippen LogP contribution in [0.5, 0.6) is 5.75 Å². The van der Waals surface area contributed by atoms with Crippen molar-refractivity contribution < 1.29 is 9.53 Å². The van der Waals surface area contributed by atoms with Crippen LogP contribution in [-0.2, 0) is 0 Å². The van der Waals surface area contributed by atoms with Crippen LogP contribution in [0.15, 0.2) is 45.3 Å². The number of carbonyl (C=O) groups excluding carboxylic acids is 1. The van der Waals surface area contributed by atoms with Crippen LogP contribution in [0.3, 0.4) is 0 Å². The van der Waals surface area contributed by atoms with Crippen molar-refractivity contribution in [2.45, 2.75) is 20.0 Å². The smallest absolute Gasteiger partial charge is 0.202 e. The lowest BCUT2D eigenvalue weighted by Crippen LogP contribution is -2.24. The summed E-state index contributed by atoms with van der Waals surface area (Å²) < 4.78 is 7.57. The molecule has 5 heteroatoms. The third-order valence-electron chi connectivity index (χ3n) is 2.99. The maximum Gasteiger partial charge on any atom is 0.202 e. The molecule has 0 aromatic heterocycles. The SMILES string of the molecule is Cc1cc(Br)cc(Cl)c1OC(C)C(=O)c1ccc(Br)cc1. The molecule has 0 aliphatic carbocycles. The molecular formula is C16H13Br2ClO2. The number of halogens is 3. The van der Waals surface area contributed by atoms with E-state index < -0.39 is 6.10 Å². The van der Waals surface area contributed by atoms with E-state index in [0.717, 1.165) is 14.5 Å². The van der Waals surface area contributed by atoms with Gasteiger partial charge < -0.3 is 4.74 Å². The second-order valence-electron chi connectivity index (χ2n) is 4.66. The highest BCUT2D eigenvalue weighted by Gasteiger charge is 2.19. The fourth-order valence-electron chi connectivity index (χ4n) is 1.92. The Balaban J connectivity index is 2.20. The fraction of sp³-hybridized carbons (Fsp3) is 0.188. The first-order valence-corrected chi connectivity index (χ1v) is 8.27. The van der Waals surface area contributed by atoms with E-state index in [1.807, 2.05) is 25.1 Å². The van der Waals surface area contributed by atoms with Gasteiger partial charge in [-0.3, -0.25) is 4.79 Å². The van der Waals surface area contributed by atoms with Gasteiger partial charge in [0.1, 0.15) is 5.75 Å². The molecule has 0 saturated heterocycles. The van der Waals surface area contributed by atoms with Crippen molar-refractivity contribution in [3.8, 4) is 5.75 Å². The van der Waals surface area contributed by atoms with Crippen LogP contribution in [0.25, 0.3) is 0 Å². The molecule has 0 heterocycles. The molecule has 2 nitrogen and oxygen atoms in total. The van der Waals surface area contributed by atoms with E-state index in [1.54, 1.807) is 25.1 Å². The van der Waals surface area contributed by atoms with Gasteiger partial charge in [-0.05, 0) is 43.7 Å². The van der Waals surface area contributed by atoms with Gasteiger partial charge in [-0.15, -0.1) is 0 Å². The predicted molar refractivity (Wildman–Crippen MR) is 92.5 cm³/mol. The van der Waals surface area contributed by atoms with Crippen LogP contribution >= 0.6 is 43.5 Å². The van der Waals surface area contributed by atoms with Gasteiger partial charge in [0, 0.05) is 14.5 Å². The van der Waals surface area contributed by atoms with Crippen molar-refractivity contribution in [3.63, 3.8) is 0 Å². The third kappa shape index (κ3) is 4.09. The molecule has 0 fully saturated rings. The highest BCUT2D eigenvalue weighted by atomic mass is 79.9. The second-order valence-corrected chi connectivity index (χ2v) is 6.90. The highest BCUT2D eigenvalue weighted by molar-refractivity contribution is 9.10. The van der Waals surface area contributed by atoms with E-state index in [2.05, 4.69) is 31.9 Å². The van der Waals surface area contributed by atoms with E-state index >= 15 is 0 Å². The van der Waals surface area contributed by atoms with Crippen LogP contribution in [0.4, 0.5) is 0 Å². The van der Waals surface area contributed by atoms with Crippen LogP contribution < -0.4 is 4.74 Å². The minimum Gasteiger partial charge on any atom is -0.481 e. The molecule has 0 amide bonds. The predicted octanol–water partition coefficient (Wildman–Crippen LogP) is 5.82. The lowest BCUT2D eigenvalue weighted by molar-refractivity contribution is 0.0817. The zero-order valence-electron chi connectivity index (χ0n) is 11.5. The standard InChI is InChI=1S/C16H13Br2ClO2/c1-9-7-13(18)8-14(19)16(9)21-10(2)15(20)11-3-5-12(17)6-4-11/h3-8,10H,1-2H3. The summed E-state index contributed by atoms with van der Waals surface area (Å²) >= 11 is 12.9. The maximum absolute atomic E-state index is 12.4. The van der Waals surface area contributed by atoms with E-state index in [-0.39, 0.29) is 5.78 Å². The van der Waals surface area contributed by atoms with Gasteiger partial charge in [-0.2, -0.15) is 0 Å². The lowest BCUT2D eigenvalue weighted by Gasteiger charge is -2.17. The quantitative estimate of drug-likeness (QED) is 0.569. The monoisotopic (exact) mass is 430 g/mol. The Hall–Kier alpha value is -0.840. The van der Waals surface area contributed by atoms with Crippen molar-refractivity contribution in [1.29, 1.82) is 0 Å². The molecule has 1 atom stereocenters. The Morgan fingerprint density at radius 3 is 2.33 bits per heavy atom. The Bertz CT molecular complexity index is 645. The normalized spacial score (nSPS) is 12.0. The van der Waals surface area contributed by atoms with Crippen LogP contribution in [0.2, 0.25) is 5.02 Å². The Labute approximate surface area is 145 Å². The highest BCUT2D eigenvalue weighted by Crippen LogP contribution is 2.33. The van der Waals surface area contributed by atoms with Crippen molar-refractivity contribution in [2.24, 2.45) is 0 Å². The molecule has 2 aromatic carbocycles. The average molecular weight is 433 g/mol. The number of rotatable bonds is 4. The van der Waals surface area contributed by atoms with Gasteiger partial charge in [0.25, 0.3) is 0 Å². The fourth-order valence-corrected chi connectivity index (χ4v) is 3.20. The molecule has 2 rings (SSSR count). The van der Waals surface area contributed by atoms with Crippen molar-refractivity contribution >= 4 is 49.2 Å². The number of carbonyl (C=O) groups is 1. The van der Waals surface area contributed by atoms with Crippen LogP contribution in [0, 0.1) is 6.92 Å². The number of ketones is 1. The van der Waals surface area contributed by atoms with E-state index in [1.165, 1.54) is 0 Å². The van der Waals surface area contributed by atoms with E-state index in [4.69, 9.17) is 16.3 Å². The van der Waals surface area contributed by atoms with E-state index in [0.29, 0.717) is 16.3 Å². The van der Waals surface area contributed by atoms with Crippen LogP contribution in [0.1, 0.15) is 22.8 Å². The largest absolute Gasteiger partial charge is 0.481 e. The summed E-state index contributed by atoms with van der Waals surface area (Å²) in [5, 5.41) is 0.484. The Kier molecular flexibility index (Phi) is 5.47. The molecule has 2 aromatic rings. The number of Topliss-reactive ketones (excluding diaryl/α,β-unsaturated/α-hetero) is 1. The Morgan fingerprint density at radius 1 is 1.14 bits per heavy atom. The van der Waals surface area contributed by atoms with Gasteiger partial charge in [-0.1, -0.05) is 55.6 Å². The van der Waals surface area contributed by atoms with Gasteiger partial charge in [0.05, 0.1) is 5.02 Å². The van der Waals surface area contributed by atoms with Gasteiger partial charge >= 0.3 is 0 Å². The first kappa shape index (κ1) is 16.5. The zero-order chi connectivity index (χ0) is 15.6. The minimum absolute atomic E-state index is 0.0825. The molecule has 21 heavy (non-hydrogen) atoms. The average Bonchev–Trinajstić information content (AvgIpc) is 2.42. The number of benzene rings is 2. The summed E-state index contributed by atoms with van der Waals surface area (Å²) in [4.78, 5) is 12.4. The van der Waals surface area contributed by atoms with Crippen molar-refractivity contribution in [1.82, 2.24) is 0 Å². The molecule has 0 saturated carbocycles. The summed E-state index contributed by atoms with van der Waals surface area (Å²) in [6.07, 6.45) is -0.608. The molecule has 0 aliphatic heterocycles. The minimum atomic E-state index is -0.608. The summed E-state index contributed by atoms with van der Waals surface area (Å²) in [6, 6.07) is 10.8. The Morgan fingerprint density at radius 2 is 1.76 bits per heavy atom. The summed E-state index contributed by atoms with van der Waals surface area (Å²) in [7, 11) is 0. The second kappa shape index (κ2) is 6.95. The number of ether oxygens (including phenoxy) is 1.